The lowest BCUT2D eigenvalue weighted by atomic mass is 9.75. The van der Waals surface area contributed by atoms with E-state index in [9.17, 15) is 9.59 Å². The molecule has 4 nitrogen and oxygen atoms in total. The van der Waals surface area contributed by atoms with Gasteiger partial charge in [-0.15, -0.1) is 0 Å². The summed E-state index contributed by atoms with van der Waals surface area (Å²) in [4.78, 5) is 24.5. The summed E-state index contributed by atoms with van der Waals surface area (Å²) in [5, 5.41) is 8.92. The summed E-state index contributed by atoms with van der Waals surface area (Å²) in [5.41, 5.74) is 0.657. The molecule has 1 amide bonds. The molecule has 18 heavy (non-hydrogen) atoms. The van der Waals surface area contributed by atoms with E-state index < -0.39 is 5.97 Å². The lowest BCUT2D eigenvalue weighted by molar-refractivity contribution is -0.137. The Hall–Kier alpha value is -1.84. The summed E-state index contributed by atoms with van der Waals surface area (Å²) in [6.07, 6.45) is 1.73. The van der Waals surface area contributed by atoms with Crippen molar-refractivity contribution in [2.45, 2.75) is 19.8 Å². The van der Waals surface area contributed by atoms with Crippen molar-refractivity contribution < 1.29 is 14.7 Å². The molecule has 0 bridgehead atoms. The van der Waals surface area contributed by atoms with Gasteiger partial charge < -0.3 is 10.0 Å². The second-order valence-corrected chi connectivity index (χ2v) is 4.93. The number of hydrogen-bond acceptors (Lipinski definition) is 2. The van der Waals surface area contributed by atoms with Gasteiger partial charge in [-0.25, -0.2) is 0 Å². The van der Waals surface area contributed by atoms with Crippen molar-refractivity contribution in [3.8, 4) is 0 Å². The number of aliphatic carboxylic acids is 1. The van der Waals surface area contributed by atoms with E-state index in [1.807, 2.05) is 6.07 Å². The fourth-order valence-electron chi connectivity index (χ4n) is 2.36. The summed E-state index contributed by atoms with van der Waals surface area (Å²) in [6.45, 7) is 1.83. The van der Waals surface area contributed by atoms with E-state index >= 15 is 0 Å². The summed E-state index contributed by atoms with van der Waals surface area (Å²) in [5.74, 6) is -0.498. The Labute approximate surface area is 106 Å². The molecule has 96 valence electrons. The molecule has 0 saturated heterocycles. The largest absolute Gasteiger partial charge is 0.480 e. The molecule has 0 radical (unpaired) electrons. The van der Waals surface area contributed by atoms with Crippen LogP contribution in [0.1, 0.15) is 19.8 Å². The number of para-hydroxylation sites is 1. The molecule has 0 heterocycles. The number of anilines is 1. The third-order valence-electron chi connectivity index (χ3n) is 3.35. The monoisotopic (exact) mass is 247 g/mol. The molecule has 0 atom stereocenters. The van der Waals surface area contributed by atoms with Crippen LogP contribution in [-0.4, -0.2) is 23.5 Å². The van der Waals surface area contributed by atoms with Crippen LogP contribution in [-0.2, 0) is 9.59 Å². The van der Waals surface area contributed by atoms with Crippen molar-refractivity contribution in [1.82, 2.24) is 0 Å². The van der Waals surface area contributed by atoms with E-state index in [2.05, 4.69) is 6.92 Å². The molecule has 0 spiro atoms. The third-order valence-corrected chi connectivity index (χ3v) is 3.35. The van der Waals surface area contributed by atoms with Crippen LogP contribution in [0.15, 0.2) is 30.3 Å². The minimum absolute atomic E-state index is 0.0143. The maximum atomic E-state index is 12.3. The first-order chi connectivity index (χ1) is 8.58. The Morgan fingerprint density at radius 2 is 1.89 bits per heavy atom. The molecular formula is C14H17NO3. The van der Waals surface area contributed by atoms with Crippen molar-refractivity contribution in [2.75, 3.05) is 11.4 Å². The predicted molar refractivity (Wildman–Crippen MR) is 68.3 cm³/mol. The lowest BCUT2D eigenvalue weighted by Gasteiger charge is -2.35. The average Bonchev–Trinajstić information content (AvgIpc) is 2.32. The molecule has 1 N–H and O–H groups in total. The average molecular weight is 247 g/mol. The Morgan fingerprint density at radius 1 is 1.28 bits per heavy atom. The number of amides is 1. The molecule has 0 aromatic heterocycles. The number of benzene rings is 1. The number of hydrogen-bond donors (Lipinski definition) is 1. The normalized spacial score (nSPS) is 22.1. The highest BCUT2D eigenvalue weighted by atomic mass is 16.4. The van der Waals surface area contributed by atoms with Gasteiger partial charge >= 0.3 is 5.97 Å². The first-order valence-electron chi connectivity index (χ1n) is 6.16. The van der Waals surface area contributed by atoms with Crippen LogP contribution < -0.4 is 4.90 Å². The molecule has 4 heteroatoms. The topological polar surface area (TPSA) is 57.6 Å². The standard InChI is InChI=1S/C14H17NO3/c1-10-7-11(8-10)14(18)15(9-13(16)17)12-5-3-2-4-6-12/h2-6,10-11H,7-9H2,1H3,(H,16,17). The van der Waals surface area contributed by atoms with E-state index in [0.717, 1.165) is 12.8 Å². The number of rotatable bonds is 4. The fraction of sp³-hybridized carbons (Fsp3) is 0.429. The van der Waals surface area contributed by atoms with E-state index in [4.69, 9.17) is 5.11 Å². The van der Waals surface area contributed by atoms with Gasteiger partial charge in [-0.1, -0.05) is 25.1 Å². The number of nitrogens with zero attached hydrogens (tertiary/aromatic N) is 1. The molecule has 1 aromatic rings. The van der Waals surface area contributed by atoms with Crippen LogP contribution in [0.4, 0.5) is 5.69 Å². The first-order valence-corrected chi connectivity index (χ1v) is 6.16. The lowest BCUT2D eigenvalue weighted by Crippen LogP contribution is -2.43. The summed E-state index contributed by atoms with van der Waals surface area (Å²) in [6, 6.07) is 8.99. The second kappa shape index (κ2) is 5.21. The molecule has 1 aromatic carbocycles. The molecule has 1 aliphatic rings. The molecular weight excluding hydrogens is 230 g/mol. The van der Waals surface area contributed by atoms with Gasteiger partial charge in [-0.2, -0.15) is 0 Å². The zero-order chi connectivity index (χ0) is 13.1. The molecule has 0 aliphatic heterocycles. The Kier molecular flexibility index (Phi) is 3.65. The number of carboxylic acids is 1. The fourth-order valence-corrected chi connectivity index (χ4v) is 2.36. The van der Waals surface area contributed by atoms with Crippen molar-refractivity contribution in [1.29, 1.82) is 0 Å². The van der Waals surface area contributed by atoms with Crippen molar-refractivity contribution in [3.05, 3.63) is 30.3 Å². The van der Waals surface area contributed by atoms with E-state index in [-0.39, 0.29) is 18.4 Å². The van der Waals surface area contributed by atoms with Crippen LogP contribution in [0.25, 0.3) is 0 Å². The van der Waals surface area contributed by atoms with Gasteiger partial charge in [0.25, 0.3) is 0 Å². The third kappa shape index (κ3) is 2.70. The predicted octanol–water partition coefficient (Wildman–Crippen LogP) is 2.15. The smallest absolute Gasteiger partial charge is 0.323 e. The molecule has 1 aliphatic carbocycles. The molecule has 0 unspecified atom stereocenters. The second-order valence-electron chi connectivity index (χ2n) is 4.93. The van der Waals surface area contributed by atoms with E-state index in [1.165, 1.54) is 4.90 Å². The van der Waals surface area contributed by atoms with Gasteiger partial charge in [-0.3, -0.25) is 9.59 Å². The van der Waals surface area contributed by atoms with Crippen LogP contribution in [0.2, 0.25) is 0 Å². The molecule has 1 saturated carbocycles. The van der Waals surface area contributed by atoms with Gasteiger partial charge in [0.15, 0.2) is 0 Å². The zero-order valence-corrected chi connectivity index (χ0v) is 10.4. The highest BCUT2D eigenvalue weighted by molar-refractivity contribution is 5.99. The van der Waals surface area contributed by atoms with E-state index in [0.29, 0.717) is 11.6 Å². The van der Waals surface area contributed by atoms with Crippen LogP contribution in [0, 0.1) is 11.8 Å². The Morgan fingerprint density at radius 3 is 2.39 bits per heavy atom. The summed E-state index contributed by atoms with van der Waals surface area (Å²) < 4.78 is 0. The minimum Gasteiger partial charge on any atom is -0.480 e. The number of carbonyl (C=O) groups excluding carboxylic acids is 1. The van der Waals surface area contributed by atoms with Gasteiger partial charge in [-0.05, 0) is 30.9 Å². The Bertz CT molecular complexity index is 438. The highest BCUT2D eigenvalue weighted by Gasteiger charge is 2.35. The van der Waals surface area contributed by atoms with Crippen LogP contribution >= 0.6 is 0 Å². The maximum Gasteiger partial charge on any atom is 0.323 e. The minimum atomic E-state index is -0.987. The van der Waals surface area contributed by atoms with E-state index in [1.54, 1.807) is 24.3 Å². The Balaban J connectivity index is 2.15. The quantitative estimate of drug-likeness (QED) is 0.886. The van der Waals surface area contributed by atoms with Crippen molar-refractivity contribution in [3.63, 3.8) is 0 Å². The summed E-state index contributed by atoms with van der Waals surface area (Å²) >= 11 is 0. The van der Waals surface area contributed by atoms with Gasteiger partial charge in [0, 0.05) is 11.6 Å². The van der Waals surface area contributed by atoms with Crippen molar-refractivity contribution in [2.24, 2.45) is 11.8 Å². The van der Waals surface area contributed by atoms with Crippen LogP contribution in [0.3, 0.4) is 0 Å². The SMILES string of the molecule is CC1CC(C(=O)N(CC(=O)O)c2ccccc2)C1. The van der Waals surface area contributed by atoms with Gasteiger partial charge in [0.05, 0.1) is 0 Å². The van der Waals surface area contributed by atoms with Crippen molar-refractivity contribution >= 4 is 17.6 Å². The van der Waals surface area contributed by atoms with Gasteiger partial charge in [0.1, 0.15) is 6.54 Å². The maximum absolute atomic E-state index is 12.3. The molecule has 2 rings (SSSR count). The summed E-state index contributed by atoms with van der Waals surface area (Å²) in [7, 11) is 0. The highest BCUT2D eigenvalue weighted by Crippen LogP contribution is 2.35. The first kappa shape index (κ1) is 12.6. The van der Waals surface area contributed by atoms with Crippen LogP contribution in [0.5, 0.6) is 0 Å². The van der Waals surface area contributed by atoms with Gasteiger partial charge in [0.2, 0.25) is 5.91 Å². The number of carbonyl (C=O) groups is 2. The molecule has 1 fully saturated rings. The number of carboxylic acid groups (broad SMARTS) is 1. The zero-order valence-electron chi connectivity index (χ0n) is 10.4.